The fraction of sp³-hybridized carbons (Fsp3) is 0.188. The van der Waals surface area contributed by atoms with Crippen molar-refractivity contribution in [3.05, 3.63) is 59.4 Å². The van der Waals surface area contributed by atoms with Crippen molar-refractivity contribution >= 4 is 17.3 Å². The number of carbonyl (C=O) groups excluding carboxylic acids is 1. The third kappa shape index (κ3) is 2.20. The van der Waals surface area contributed by atoms with Gasteiger partial charge in [0.15, 0.2) is 5.78 Å². The summed E-state index contributed by atoms with van der Waals surface area (Å²) in [6.45, 7) is 3.51. The first-order valence-electron chi connectivity index (χ1n) is 6.52. The average Bonchev–Trinajstić information content (AvgIpc) is 2.46. The lowest BCUT2D eigenvalue weighted by Crippen LogP contribution is -2.19. The molecule has 20 heavy (non-hydrogen) atoms. The van der Waals surface area contributed by atoms with Crippen molar-refractivity contribution in [2.75, 3.05) is 5.32 Å². The molecular formula is C16H15N3O. The van der Waals surface area contributed by atoms with E-state index in [4.69, 9.17) is 0 Å². The molecule has 0 fully saturated rings. The van der Waals surface area contributed by atoms with Crippen molar-refractivity contribution in [3.8, 4) is 0 Å². The average molecular weight is 265 g/mol. The quantitative estimate of drug-likeness (QED) is 0.848. The minimum absolute atomic E-state index is 0.0695. The zero-order valence-electron chi connectivity index (χ0n) is 11.4. The van der Waals surface area contributed by atoms with Gasteiger partial charge in [-0.1, -0.05) is 24.3 Å². The lowest BCUT2D eigenvalue weighted by molar-refractivity contribution is 0.101. The first-order chi connectivity index (χ1) is 9.65. The van der Waals surface area contributed by atoms with Crippen molar-refractivity contribution in [1.29, 1.82) is 0 Å². The Morgan fingerprint density at radius 1 is 1.20 bits per heavy atom. The minimum atomic E-state index is -0.117. The maximum absolute atomic E-state index is 11.3. The van der Waals surface area contributed by atoms with Gasteiger partial charge in [0, 0.05) is 11.8 Å². The number of amidine groups is 1. The molecule has 1 aromatic carbocycles. The predicted octanol–water partition coefficient (Wildman–Crippen LogP) is 3.22. The summed E-state index contributed by atoms with van der Waals surface area (Å²) in [5, 5.41) is 3.22. The Bertz CT molecular complexity index is 689. The molecule has 0 amide bonds. The van der Waals surface area contributed by atoms with Gasteiger partial charge in [-0.3, -0.25) is 14.8 Å². The molecule has 1 aliphatic heterocycles. The van der Waals surface area contributed by atoms with Crippen LogP contribution in [-0.2, 0) is 0 Å². The van der Waals surface area contributed by atoms with E-state index in [9.17, 15) is 4.79 Å². The normalized spacial score (nSPS) is 16.9. The molecule has 0 saturated carbocycles. The smallest absolute Gasteiger partial charge is 0.159 e. The van der Waals surface area contributed by atoms with Crippen LogP contribution in [0, 0.1) is 0 Å². The second-order valence-electron chi connectivity index (χ2n) is 4.86. The number of benzene rings is 1. The van der Waals surface area contributed by atoms with E-state index in [0.29, 0.717) is 5.56 Å². The van der Waals surface area contributed by atoms with Crippen LogP contribution in [0.3, 0.4) is 0 Å². The summed E-state index contributed by atoms with van der Waals surface area (Å²) >= 11 is 0. The van der Waals surface area contributed by atoms with Gasteiger partial charge in [0.25, 0.3) is 0 Å². The summed E-state index contributed by atoms with van der Waals surface area (Å²) in [6, 6.07) is 11.4. The van der Waals surface area contributed by atoms with Crippen molar-refractivity contribution in [2.45, 2.75) is 19.9 Å². The number of hydrogen-bond donors (Lipinski definition) is 1. The summed E-state index contributed by atoms with van der Waals surface area (Å²) in [5.74, 6) is 0.936. The molecule has 0 radical (unpaired) electrons. The SMILES string of the molecule is CC(=O)c1ccc(C2N=C(C)Nc3cccnc32)cc1. The van der Waals surface area contributed by atoms with E-state index >= 15 is 0 Å². The first-order valence-corrected chi connectivity index (χ1v) is 6.52. The third-order valence-electron chi connectivity index (χ3n) is 3.37. The molecule has 3 rings (SSSR count). The molecule has 1 unspecified atom stereocenters. The van der Waals surface area contributed by atoms with Crippen LogP contribution in [0.25, 0.3) is 0 Å². The Kier molecular flexibility index (Phi) is 3.06. The van der Waals surface area contributed by atoms with Crippen LogP contribution in [0.2, 0.25) is 0 Å². The van der Waals surface area contributed by atoms with E-state index in [1.54, 1.807) is 13.1 Å². The number of ketones is 1. The fourth-order valence-electron chi connectivity index (χ4n) is 2.36. The summed E-state index contributed by atoms with van der Waals surface area (Å²) in [7, 11) is 0. The maximum Gasteiger partial charge on any atom is 0.159 e. The second-order valence-corrected chi connectivity index (χ2v) is 4.86. The van der Waals surface area contributed by atoms with Crippen LogP contribution in [0.15, 0.2) is 47.6 Å². The number of carbonyl (C=O) groups is 1. The van der Waals surface area contributed by atoms with Crippen LogP contribution in [0.5, 0.6) is 0 Å². The molecule has 4 nitrogen and oxygen atoms in total. The Morgan fingerprint density at radius 3 is 2.65 bits per heavy atom. The van der Waals surface area contributed by atoms with Gasteiger partial charge in [-0.25, -0.2) is 0 Å². The van der Waals surface area contributed by atoms with Crippen LogP contribution in [-0.4, -0.2) is 16.6 Å². The van der Waals surface area contributed by atoms with Gasteiger partial charge in [-0.2, -0.15) is 0 Å². The Morgan fingerprint density at radius 2 is 1.95 bits per heavy atom. The Balaban J connectivity index is 2.04. The van der Waals surface area contributed by atoms with Gasteiger partial charge in [0.2, 0.25) is 0 Å². The van der Waals surface area contributed by atoms with Crippen molar-refractivity contribution < 1.29 is 4.79 Å². The first kappa shape index (κ1) is 12.5. The molecule has 2 heterocycles. The highest BCUT2D eigenvalue weighted by Gasteiger charge is 2.22. The predicted molar refractivity (Wildman–Crippen MR) is 79.3 cm³/mol. The topological polar surface area (TPSA) is 54.4 Å². The van der Waals surface area contributed by atoms with E-state index in [1.165, 1.54) is 0 Å². The molecule has 2 aromatic rings. The van der Waals surface area contributed by atoms with E-state index in [1.807, 2.05) is 43.3 Å². The zero-order valence-corrected chi connectivity index (χ0v) is 11.4. The monoisotopic (exact) mass is 265 g/mol. The molecule has 0 bridgehead atoms. The highest BCUT2D eigenvalue weighted by molar-refractivity contribution is 5.96. The summed E-state index contributed by atoms with van der Waals surface area (Å²) in [5.41, 5.74) is 3.65. The minimum Gasteiger partial charge on any atom is -0.343 e. The molecule has 0 aliphatic carbocycles. The standard InChI is InChI=1S/C16H15N3O/c1-10(20)12-5-7-13(8-6-12)15-16-14(4-3-9-17-16)18-11(2)19-15/h3-9,15H,1-2H3,(H,18,19). The summed E-state index contributed by atoms with van der Waals surface area (Å²) in [4.78, 5) is 20.4. The Labute approximate surface area is 117 Å². The van der Waals surface area contributed by atoms with Gasteiger partial charge in [-0.05, 0) is 31.5 Å². The highest BCUT2D eigenvalue weighted by Crippen LogP contribution is 2.33. The molecule has 4 heteroatoms. The van der Waals surface area contributed by atoms with Crippen molar-refractivity contribution in [3.63, 3.8) is 0 Å². The number of Topliss-reactive ketones (excluding diaryl/α,β-unsaturated/α-hetero) is 1. The highest BCUT2D eigenvalue weighted by atomic mass is 16.1. The number of pyridine rings is 1. The van der Waals surface area contributed by atoms with Gasteiger partial charge in [0.1, 0.15) is 6.04 Å². The van der Waals surface area contributed by atoms with Gasteiger partial charge < -0.3 is 5.32 Å². The summed E-state index contributed by atoms with van der Waals surface area (Å²) < 4.78 is 0. The van der Waals surface area contributed by atoms with Gasteiger partial charge in [-0.15, -0.1) is 0 Å². The lowest BCUT2D eigenvalue weighted by atomic mass is 9.99. The second kappa shape index (κ2) is 4.89. The fourth-order valence-corrected chi connectivity index (χ4v) is 2.36. The molecule has 1 atom stereocenters. The maximum atomic E-state index is 11.3. The van der Waals surface area contributed by atoms with E-state index < -0.39 is 0 Å². The van der Waals surface area contributed by atoms with Crippen LogP contribution < -0.4 is 5.32 Å². The largest absolute Gasteiger partial charge is 0.343 e. The van der Waals surface area contributed by atoms with Crippen LogP contribution in [0.4, 0.5) is 5.69 Å². The number of aliphatic imine (C=N–C) groups is 1. The van der Waals surface area contributed by atoms with Crippen molar-refractivity contribution in [1.82, 2.24) is 4.98 Å². The van der Waals surface area contributed by atoms with E-state index in [-0.39, 0.29) is 11.8 Å². The third-order valence-corrected chi connectivity index (χ3v) is 3.37. The lowest BCUT2D eigenvalue weighted by Gasteiger charge is -2.23. The van der Waals surface area contributed by atoms with E-state index in [2.05, 4.69) is 15.3 Å². The van der Waals surface area contributed by atoms with Crippen LogP contribution in [0.1, 0.15) is 41.5 Å². The number of nitrogens with one attached hydrogen (secondary N) is 1. The number of anilines is 1. The van der Waals surface area contributed by atoms with Gasteiger partial charge in [0.05, 0.1) is 17.2 Å². The van der Waals surface area contributed by atoms with E-state index in [0.717, 1.165) is 22.8 Å². The zero-order chi connectivity index (χ0) is 14.1. The number of fused-ring (bicyclic) bond motifs is 1. The molecule has 0 spiro atoms. The Hall–Kier alpha value is -2.49. The van der Waals surface area contributed by atoms with Crippen LogP contribution >= 0.6 is 0 Å². The molecule has 0 saturated heterocycles. The molecular weight excluding hydrogens is 250 g/mol. The molecule has 1 aromatic heterocycles. The number of hydrogen-bond acceptors (Lipinski definition) is 4. The number of nitrogens with zero attached hydrogens (tertiary/aromatic N) is 2. The molecule has 100 valence electrons. The molecule has 1 aliphatic rings. The molecule has 1 N–H and O–H groups in total. The van der Waals surface area contributed by atoms with Crippen molar-refractivity contribution in [2.24, 2.45) is 4.99 Å². The summed E-state index contributed by atoms with van der Waals surface area (Å²) in [6.07, 6.45) is 1.77. The number of aromatic nitrogens is 1. The number of rotatable bonds is 2. The van der Waals surface area contributed by atoms with Gasteiger partial charge >= 0.3 is 0 Å².